The predicted octanol–water partition coefficient (Wildman–Crippen LogP) is 4.19. The molecule has 0 aliphatic rings. The van der Waals surface area contributed by atoms with Crippen LogP contribution in [-0.2, 0) is 9.53 Å². The first-order valence-electron chi connectivity index (χ1n) is 5.95. The summed E-state index contributed by atoms with van der Waals surface area (Å²) in [4.78, 5) is 11.1. The monoisotopic (exact) mass is 236 g/mol. The molecular formula is C15H24O2. The Balaban J connectivity index is 4.00. The molecule has 0 unspecified atom stereocenters. The van der Waals surface area contributed by atoms with E-state index in [4.69, 9.17) is 4.74 Å². The van der Waals surface area contributed by atoms with E-state index in [2.05, 4.69) is 34.3 Å². The van der Waals surface area contributed by atoms with Crippen LogP contribution in [0.25, 0.3) is 0 Å². The number of allylic oxidation sites excluding steroid dienone is 3. The van der Waals surface area contributed by atoms with E-state index in [1.165, 1.54) is 16.7 Å². The maximum Gasteiger partial charge on any atom is 0.333 e. The fourth-order valence-electron chi connectivity index (χ4n) is 1.12. The molecule has 17 heavy (non-hydrogen) atoms. The van der Waals surface area contributed by atoms with Crippen molar-refractivity contribution in [1.82, 2.24) is 0 Å². The lowest BCUT2D eigenvalue weighted by Gasteiger charge is -2.05. The van der Waals surface area contributed by atoms with Gasteiger partial charge in [0.15, 0.2) is 0 Å². The molecule has 0 rings (SSSR count). The third kappa shape index (κ3) is 7.56. The standard InChI is InChI=1S/C15H24O2/c1-11(2)14(6)8-7-13(5)9-10-17-15(16)12(3)4/h9H,3,7-8,10H2,1-2,4-6H3/b13-9+. The van der Waals surface area contributed by atoms with Gasteiger partial charge in [-0.3, -0.25) is 0 Å². The molecule has 2 heteroatoms. The second kappa shape index (κ2) is 7.88. The predicted molar refractivity (Wildman–Crippen MR) is 72.8 cm³/mol. The molecule has 0 spiro atoms. The highest BCUT2D eigenvalue weighted by molar-refractivity contribution is 5.86. The second-order valence-corrected chi connectivity index (χ2v) is 4.71. The van der Waals surface area contributed by atoms with Crippen LogP contribution in [0.3, 0.4) is 0 Å². The number of ether oxygens (including phenoxy) is 1. The number of hydrogen-bond donors (Lipinski definition) is 0. The Kier molecular flexibility index (Phi) is 7.27. The number of carbonyl (C=O) groups is 1. The molecule has 96 valence electrons. The molecule has 0 aliphatic carbocycles. The first-order chi connectivity index (χ1) is 7.84. The lowest BCUT2D eigenvalue weighted by atomic mass is 10.0. The van der Waals surface area contributed by atoms with Crippen LogP contribution in [0.1, 0.15) is 47.5 Å². The van der Waals surface area contributed by atoms with Crippen molar-refractivity contribution in [3.8, 4) is 0 Å². The SMILES string of the molecule is C=C(C)C(=O)OC/C=C(\C)CCC(C)=C(C)C. The third-order valence-electron chi connectivity index (χ3n) is 2.74. The van der Waals surface area contributed by atoms with Crippen LogP contribution in [0.5, 0.6) is 0 Å². The van der Waals surface area contributed by atoms with Crippen molar-refractivity contribution < 1.29 is 9.53 Å². The van der Waals surface area contributed by atoms with Crippen molar-refractivity contribution in [1.29, 1.82) is 0 Å². The summed E-state index contributed by atoms with van der Waals surface area (Å²) < 4.78 is 5.00. The number of rotatable bonds is 6. The van der Waals surface area contributed by atoms with Gasteiger partial charge in [-0.25, -0.2) is 4.79 Å². The van der Waals surface area contributed by atoms with Crippen molar-refractivity contribution >= 4 is 5.97 Å². The Bertz CT molecular complexity index is 342. The molecule has 0 heterocycles. The van der Waals surface area contributed by atoms with Gasteiger partial charge in [-0.05, 0) is 53.5 Å². The van der Waals surface area contributed by atoms with E-state index in [0.29, 0.717) is 12.2 Å². The Morgan fingerprint density at radius 3 is 2.18 bits per heavy atom. The highest BCUT2D eigenvalue weighted by Crippen LogP contribution is 2.14. The van der Waals surface area contributed by atoms with Gasteiger partial charge in [0.05, 0.1) is 0 Å². The summed E-state index contributed by atoms with van der Waals surface area (Å²) in [5.74, 6) is -0.325. The molecule has 0 bridgehead atoms. The molecule has 0 aromatic carbocycles. The van der Waals surface area contributed by atoms with E-state index in [1.54, 1.807) is 6.92 Å². The molecule has 0 saturated carbocycles. The van der Waals surface area contributed by atoms with Gasteiger partial charge >= 0.3 is 5.97 Å². The van der Waals surface area contributed by atoms with E-state index >= 15 is 0 Å². The van der Waals surface area contributed by atoms with Gasteiger partial charge in [0.25, 0.3) is 0 Å². The van der Waals surface area contributed by atoms with Crippen LogP contribution < -0.4 is 0 Å². The largest absolute Gasteiger partial charge is 0.458 e. The van der Waals surface area contributed by atoms with Crippen LogP contribution in [0, 0.1) is 0 Å². The van der Waals surface area contributed by atoms with Gasteiger partial charge in [-0.2, -0.15) is 0 Å². The van der Waals surface area contributed by atoms with Crippen LogP contribution in [-0.4, -0.2) is 12.6 Å². The number of hydrogen-bond acceptors (Lipinski definition) is 2. The highest BCUT2D eigenvalue weighted by atomic mass is 16.5. The molecule has 0 atom stereocenters. The lowest BCUT2D eigenvalue weighted by molar-refractivity contribution is -0.137. The van der Waals surface area contributed by atoms with Crippen molar-refractivity contribution in [3.63, 3.8) is 0 Å². The first kappa shape index (κ1) is 15.7. The molecule has 0 radical (unpaired) electrons. The van der Waals surface area contributed by atoms with E-state index in [-0.39, 0.29) is 5.97 Å². The summed E-state index contributed by atoms with van der Waals surface area (Å²) in [7, 11) is 0. The second-order valence-electron chi connectivity index (χ2n) is 4.71. The molecular weight excluding hydrogens is 212 g/mol. The zero-order valence-corrected chi connectivity index (χ0v) is 11.7. The van der Waals surface area contributed by atoms with Crippen LogP contribution in [0.15, 0.2) is 34.9 Å². The average molecular weight is 236 g/mol. The Morgan fingerprint density at radius 1 is 1.12 bits per heavy atom. The van der Waals surface area contributed by atoms with Gasteiger partial charge < -0.3 is 4.74 Å². The molecule has 0 aromatic rings. The average Bonchev–Trinajstić information content (AvgIpc) is 2.25. The van der Waals surface area contributed by atoms with Gasteiger partial charge in [0.2, 0.25) is 0 Å². The molecule has 2 nitrogen and oxygen atoms in total. The quantitative estimate of drug-likeness (QED) is 0.393. The fraction of sp³-hybridized carbons (Fsp3) is 0.533. The summed E-state index contributed by atoms with van der Waals surface area (Å²) in [5.41, 5.74) is 4.50. The van der Waals surface area contributed by atoms with Crippen molar-refractivity contribution in [2.75, 3.05) is 6.61 Å². The van der Waals surface area contributed by atoms with Crippen molar-refractivity contribution in [3.05, 3.63) is 34.9 Å². The maximum absolute atomic E-state index is 11.1. The summed E-state index contributed by atoms with van der Waals surface area (Å²) in [6, 6.07) is 0. The molecule has 0 N–H and O–H groups in total. The van der Waals surface area contributed by atoms with E-state index < -0.39 is 0 Å². The third-order valence-corrected chi connectivity index (χ3v) is 2.74. The Morgan fingerprint density at radius 2 is 1.71 bits per heavy atom. The summed E-state index contributed by atoms with van der Waals surface area (Å²) >= 11 is 0. The topological polar surface area (TPSA) is 26.3 Å². The number of esters is 1. The van der Waals surface area contributed by atoms with E-state index in [0.717, 1.165) is 12.8 Å². The van der Waals surface area contributed by atoms with Gasteiger partial charge in [0, 0.05) is 5.57 Å². The van der Waals surface area contributed by atoms with Crippen LogP contribution >= 0.6 is 0 Å². The lowest BCUT2D eigenvalue weighted by Crippen LogP contribution is -2.04. The normalized spacial score (nSPS) is 11.0. The summed E-state index contributed by atoms with van der Waals surface area (Å²) in [6.45, 7) is 14.0. The Hall–Kier alpha value is -1.31. The maximum atomic E-state index is 11.1. The highest BCUT2D eigenvalue weighted by Gasteiger charge is 2.01. The number of carbonyl (C=O) groups excluding carboxylic acids is 1. The minimum Gasteiger partial charge on any atom is -0.458 e. The van der Waals surface area contributed by atoms with Gasteiger partial charge in [0.1, 0.15) is 6.61 Å². The van der Waals surface area contributed by atoms with E-state index in [9.17, 15) is 4.79 Å². The fourth-order valence-corrected chi connectivity index (χ4v) is 1.12. The van der Waals surface area contributed by atoms with Crippen molar-refractivity contribution in [2.24, 2.45) is 0 Å². The van der Waals surface area contributed by atoms with E-state index in [1.807, 2.05) is 6.08 Å². The smallest absolute Gasteiger partial charge is 0.333 e. The summed E-state index contributed by atoms with van der Waals surface area (Å²) in [6.07, 6.45) is 4.04. The Labute approximate surface area is 105 Å². The zero-order chi connectivity index (χ0) is 13.4. The molecule has 0 fully saturated rings. The molecule has 0 saturated heterocycles. The minimum absolute atomic E-state index is 0.325. The zero-order valence-electron chi connectivity index (χ0n) is 11.7. The molecule has 0 amide bonds. The first-order valence-corrected chi connectivity index (χ1v) is 5.95. The van der Waals surface area contributed by atoms with Crippen LogP contribution in [0.2, 0.25) is 0 Å². The van der Waals surface area contributed by atoms with Crippen LogP contribution in [0.4, 0.5) is 0 Å². The summed E-state index contributed by atoms with van der Waals surface area (Å²) in [5, 5.41) is 0. The molecule has 0 aliphatic heterocycles. The van der Waals surface area contributed by atoms with Gasteiger partial charge in [-0.15, -0.1) is 0 Å². The van der Waals surface area contributed by atoms with Gasteiger partial charge in [-0.1, -0.05) is 23.3 Å². The molecule has 0 aromatic heterocycles. The minimum atomic E-state index is -0.325. The van der Waals surface area contributed by atoms with Crippen molar-refractivity contribution in [2.45, 2.75) is 47.5 Å².